The number of hydrogen-bond donors (Lipinski definition) is 4. The topological polar surface area (TPSA) is 132 Å². The fourth-order valence-electron chi connectivity index (χ4n) is 8.57. The quantitative estimate of drug-likeness (QED) is 0.205. The van der Waals surface area contributed by atoms with Gasteiger partial charge in [-0.3, -0.25) is 14.4 Å². The molecule has 0 aromatic heterocycles. The number of ketones is 3. The molecule has 1 fully saturated rings. The molecule has 0 bridgehead atoms. The Morgan fingerprint density at radius 3 is 2.39 bits per heavy atom. The summed E-state index contributed by atoms with van der Waals surface area (Å²) in [6.07, 6.45) is 2.94. The van der Waals surface area contributed by atoms with E-state index >= 15 is 0 Å². The lowest BCUT2D eigenvalue weighted by Crippen LogP contribution is -2.69. The van der Waals surface area contributed by atoms with Crippen molar-refractivity contribution >= 4 is 23.1 Å². The highest BCUT2D eigenvalue weighted by molar-refractivity contribution is 6.24. The Morgan fingerprint density at radius 2 is 1.77 bits per heavy atom. The van der Waals surface area contributed by atoms with E-state index < -0.39 is 56.8 Å². The van der Waals surface area contributed by atoms with Crippen LogP contribution in [0.3, 0.4) is 0 Å². The summed E-state index contributed by atoms with van der Waals surface area (Å²) in [6.45, 7) is 14.4. The molecular weight excluding hydrogens is 556 g/mol. The molecule has 5 rings (SSSR count). The SMILES string of the molecule is C=C(CCC)Cc1cccc(-c2ccc(O)c3c2C[C@]2(C)C[C@]4(C)C(C(C)C)C(=O)C(C(C)=O)=C(O)[C@]4(O)C(=O)C2=C3O)c1. The van der Waals surface area contributed by atoms with Gasteiger partial charge in [0, 0.05) is 22.3 Å². The summed E-state index contributed by atoms with van der Waals surface area (Å²) < 4.78 is 0. The van der Waals surface area contributed by atoms with Crippen molar-refractivity contribution in [2.75, 3.05) is 0 Å². The fourth-order valence-corrected chi connectivity index (χ4v) is 8.57. The minimum atomic E-state index is -2.63. The second kappa shape index (κ2) is 10.6. The molecule has 2 aromatic carbocycles. The fraction of sp³-hybridized carbons (Fsp3) is 0.432. The van der Waals surface area contributed by atoms with Crippen LogP contribution in [0.1, 0.15) is 77.5 Å². The zero-order valence-corrected chi connectivity index (χ0v) is 26.4. The summed E-state index contributed by atoms with van der Waals surface area (Å²) in [4.78, 5) is 40.8. The minimum Gasteiger partial charge on any atom is -0.508 e. The van der Waals surface area contributed by atoms with E-state index in [2.05, 4.69) is 19.6 Å². The number of benzene rings is 2. The lowest BCUT2D eigenvalue weighted by molar-refractivity contribution is -0.178. The smallest absolute Gasteiger partial charge is 0.203 e. The molecule has 232 valence electrons. The maximum absolute atomic E-state index is 14.5. The Hall–Kier alpha value is -3.97. The molecular formula is C37H42O7. The summed E-state index contributed by atoms with van der Waals surface area (Å²) >= 11 is 0. The molecule has 0 amide bonds. The number of carbonyl (C=O) groups excluding carboxylic acids is 3. The first-order valence-electron chi connectivity index (χ1n) is 15.3. The molecule has 7 heteroatoms. The Balaban J connectivity index is 1.74. The van der Waals surface area contributed by atoms with E-state index in [1.165, 1.54) is 6.07 Å². The molecule has 0 radical (unpaired) electrons. The van der Waals surface area contributed by atoms with Crippen molar-refractivity contribution in [2.45, 2.75) is 79.2 Å². The molecule has 7 nitrogen and oxygen atoms in total. The molecule has 3 aliphatic carbocycles. The van der Waals surface area contributed by atoms with Crippen LogP contribution in [0.5, 0.6) is 5.75 Å². The zero-order valence-electron chi connectivity index (χ0n) is 26.4. The van der Waals surface area contributed by atoms with Crippen molar-refractivity contribution in [1.82, 2.24) is 0 Å². The highest BCUT2D eigenvalue weighted by atomic mass is 16.3. The number of carbonyl (C=O) groups is 3. The number of fused-ring (bicyclic) bond motifs is 3. The van der Waals surface area contributed by atoms with E-state index in [1.54, 1.807) is 26.8 Å². The summed E-state index contributed by atoms with van der Waals surface area (Å²) in [5.74, 6) is -5.30. The van der Waals surface area contributed by atoms with Crippen molar-refractivity contribution in [3.63, 3.8) is 0 Å². The molecule has 4 atom stereocenters. The second-order valence-electron chi connectivity index (χ2n) is 13.8. The van der Waals surface area contributed by atoms with Crippen molar-refractivity contribution in [1.29, 1.82) is 0 Å². The van der Waals surface area contributed by atoms with Gasteiger partial charge >= 0.3 is 0 Å². The van der Waals surface area contributed by atoms with Gasteiger partial charge in [-0.05, 0) is 66.8 Å². The van der Waals surface area contributed by atoms with E-state index in [1.807, 2.05) is 25.1 Å². The maximum atomic E-state index is 14.5. The number of allylic oxidation sites excluding steroid dienone is 2. The van der Waals surface area contributed by atoms with Gasteiger partial charge in [0.15, 0.2) is 17.2 Å². The Labute approximate surface area is 258 Å². The largest absolute Gasteiger partial charge is 0.508 e. The molecule has 0 saturated heterocycles. The number of phenols is 1. The summed E-state index contributed by atoms with van der Waals surface area (Å²) in [5, 5.41) is 46.4. The van der Waals surface area contributed by atoms with Gasteiger partial charge in [-0.2, -0.15) is 0 Å². The van der Waals surface area contributed by atoms with Crippen LogP contribution in [-0.4, -0.2) is 43.4 Å². The number of phenolic OH excluding ortho intramolecular Hbond substituents is 1. The highest BCUT2D eigenvalue weighted by Gasteiger charge is 2.72. The lowest BCUT2D eigenvalue weighted by Gasteiger charge is -2.59. The third-order valence-corrected chi connectivity index (χ3v) is 10.2. The molecule has 0 aliphatic heterocycles. The van der Waals surface area contributed by atoms with Gasteiger partial charge in [-0.1, -0.05) is 83.5 Å². The van der Waals surface area contributed by atoms with Crippen LogP contribution in [0.25, 0.3) is 16.9 Å². The number of aliphatic hydroxyl groups is 3. The molecule has 0 spiro atoms. The van der Waals surface area contributed by atoms with Crippen molar-refractivity contribution in [3.05, 3.63) is 82.1 Å². The van der Waals surface area contributed by atoms with Crippen molar-refractivity contribution in [3.8, 4) is 16.9 Å². The average Bonchev–Trinajstić information content (AvgIpc) is 2.90. The highest BCUT2D eigenvalue weighted by Crippen LogP contribution is 2.65. The molecule has 44 heavy (non-hydrogen) atoms. The van der Waals surface area contributed by atoms with Crippen LogP contribution in [0.2, 0.25) is 0 Å². The maximum Gasteiger partial charge on any atom is 0.203 e. The van der Waals surface area contributed by atoms with Gasteiger partial charge in [0.25, 0.3) is 0 Å². The predicted octanol–water partition coefficient (Wildman–Crippen LogP) is 6.76. The second-order valence-corrected chi connectivity index (χ2v) is 13.8. The first-order valence-corrected chi connectivity index (χ1v) is 15.3. The molecule has 1 saturated carbocycles. The third kappa shape index (κ3) is 4.31. The molecule has 2 aromatic rings. The van der Waals surface area contributed by atoms with Crippen LogP contribution in [-0.2, 0) is 27.2 Å². The van der Waals surface area contributed by atoms with E-state index in [0.29, 0.717) is 5.56 Å². The number of Topliss-reactive ketones (excluding diaryl/α,β-unsaturated/α-hetero) is 3. The van der Waals surface area contributed by atoms with Crippen LogP contribution < -0.4 is 0 Å². The summed E-state index contributed by atoms with van der Waals surface area (Å²) in [5.41, 5.74) is -1.29. The van der Waals surface area contributed by atoms with E-state index in [0.717, 1.165) is 48.4 Å². The monoisotopic (exact) mass is 598 g/mol. The van der Waals surface area contributed by atoms with Gasteiger partial charge in [0.1, 0.15) is 22.8 Å². The Morgan fingerprint density at radius 1 is 1.09 bits per heavy atom. The normalized spacial score (nSPS) is 28.1. The predicted molar refractivity (Wildman–Crippen MR) is 169 cm³/mol. The average molecular weight is 599 g/mol. The minimum absolute atomic E-state index is 0.0525. The summed E-state index contributed by atoms with van der Waals surface area (Å²) in [6, 6.07) is 11.3. The van der Waals surface area contributed by atoms with Crippen LogP contribution in [0, 0.1) is 22.7 Å². The molecule has 4 N–H and O–H groups in total. The van der Waals surface area contributed by atoms with Gasteiger partial charge < -0.3 is 20.4 Å². The number of aromatic hydroxyl groups is 1. The van der Waals surface area contributed by atoms with Crippen LogP contribution in [0.4, 0.5) is 0 Å². The molecule has 1 unspecified atom stereocenters. The first-order chi connectivity index (χ1) is 20.5. The van der Waals surface area contributed by atoms with Gasteiger partial charge in [-0.15, -0.1) is 0 Å². The van der Waals surface area contributed by atoms with Crippen LogP contribution in [0.15, 0.2) is 65.5 Å². The van der Waals surface area contributed by atoms with Crippen molar-refractivity contribution in [2.24, 2.45) is 22.7 Å². The van der Waals surface area contributed by atoms with Gasteiger partial charge in [0.05, 0.1) is 5.56 Å². The number of hydrogen-bond acceptors (Lipinski definition) is 7. The summed E-state index contributed by atoms with van der Waals surface area (Å²) in [7, 11) is 0. The number of aliphatic hydroxyl groups excluding tert-OH is 2. The third-order valence-electron chi connectivity index (χ3n) is 10.2. The first kappa shape index (κ1) is 31.5. The Bertz CT molecular complexity index is 1690. The van der Waals surface area contributed by atoms with E-state index in [-0.39, 0.29) is 35.6 Å². The van der Waals surface area contributed by atoms with Gasteiger partial charge in [0.2, 0.25) is 5.78 Å². The van der Waals surface area contributed by atoms with Crippen LogP contribution >= 0.6 is 0 Å². The number of rotatable bonds is 7. The van der Waals surface area contributed by atoms with E-state index in [4.69, 9.17) is 0 Å². The zero-order chi connectivity index (χ0) is 32.5. The molecule has 3 aliphatic rings. The van der Waals surface area contributed by atoms with Gasteiger partial charge in [-0.25, -0.2) is 0 Å². The lowest BCUT2D eigenvalue weighted by atomic mass is 9.43. The van der Waals surface area contributed by atoms with E-state index in [9.17, 15) is 34.8 Å². The van der Waals surface area contributed by atoms with Crippen molar-refractivity contribution < 1.29 is 34.8 Å². The molecule has 0 heterocycles. The Kier molecular flexibility index (Phi) is 7.57. The standard InChI is InChI=1S/C37H42O7/c1-8-10-20(4)15-22-11-9-12-23(16-22)24-13-14-26(39)28-25(24)17-35(6)18-36(7)29(19(2)3)31(40)27(21(5)38)33(42)37(36,44)34(43)30(35)32(28)41/h9,11-14,16,19,29,39,41-42,44H,4,8,10,15,17-18H2,1-3,5-7H3/t29?,35-,36-,37+/m1/s1.